The van der Waals surface area contributed by atoms with Gasteiger partial charge in [0, 0.05) is 8.95 Å². The number of phenols is 1. The second-order valence-corrected chi connectivity index (χ2v) is 8.02. The standard InChI is InChI=1S/C14H13Br2NO3S/c1-8-3-4-13(18)12(5-8)17-21(19,20)14-7-10(15)9(2)6-11(14)16/h3-7,17-18H,1-2H3. The van der Waals surface area contributed by atoms with Gasteiger partial charge in [-0.25, -0.2) is 8.42 Å². The number of anilines is 1. The fourth-order valence-corrected chi connectivity index (χ4v) is 4.51. The molecule has 2 N–H and O–H groups in total. The van der Waals surface area contributed by atoms with Gasteiger partial charge in [-0.15, -0.1) is 0 Å². The largest absolute Gasteiger partial charge is 0.506 e. The minimum atomic E-state index is -3.81. The Labute approximate surface area is 140 Å². The average Bonchev–Trinajstić information content (AvgIpc) is 2.37. The number of halogens is 2. The third kappa shape index (κ3) is 3.59. The zero-order chi connectivity index (χ0) is 15.8. The summed E-state index contributed by atoms with van der Waals surface area (Å²) in [5.41, 5.74) is 1.91. The lowest BCUT2D eigenvalue weighted by Crippen LogP contribution is -2.14. The van der Waals surface area contributed by atoms with Crippen molar-refractivity contribution < 1.29 is 13.5 Å². The van der Waals surface area contributed by atoms with Gasteiger partial charge in [0.25, 0.3) is 10.0 Å². The molecule has 0 amide bonds. The zero-order valence-corrected chi connectivity index (χ0v) is 15.3. The smallest absolute Gasteiger partial charge is 0.263 e. The molecule has 2 aromatic carbocycles. The molecular weight excluding hydrogens is 422 g/mol. The molecule has 2 rings (SSSR count). The highest BCUT2D eigenvalue weighted by atomic mass is 79.9. The molecule has 0 spiro atoms. The molecular formula is C14H13Br2NO3S. The molecule has 0 bridgehead atoms. The highest BCUT2D eigenvalue weighted by Crippen LogP contribution is 2.32. The van der Waals surface area contributed by atoms with E-state index in [0.717, 1.165) is 11.1 Å². The highest BCUT2D eigenvalue weighted by molar-refractivity contribution is 9.11. The van der Waals surface area contributed by atoms with Crippen LogP contribution >= 0.6 is 31.9 Å². The number of aryl methyl sites for hydroxylation is 2. The van der Waals surface area contributed by atoms with Crippen LogP contribution in [0.4, 0.5) is 5.69 Å². The van der Waals surface area contributed by atoms with Gasteiger partial charge in [0.1, 0.15) is 10.6 Å². The van der Waals surface area contributed by atoms with Crippen molar-refractivity contribution >= 4 is 47.6 Å². The van der Waals surface area contributed by atoms with Crippen LogP contribution in [0, 0.1) is 13.8 Å². The lowest BCUT2D eigenvalue weighted by Gasteiger charge is -2.12. The van der Waals surface area contributed by atoms with E-state index in [4.69, 9.17) is 0 Å². The van der Waals surface area contributed by atoms with Gasteiger partial charge < -0.3 is 5.11 Å². The van der Waals surface area contributed by atoms with Crippen molar-refractivity contribution in [1.29, 1.82) is 0 Å². The Kier molecular flexibility index (Phi) is 4.65. The van der Waals surface area contributed by atoms with Crippen LogP contribution in [0.1, 0.15) is 11.1 Å². The monoisotopic (exact) mass is 433 g/mol. The van der Waals surface area contributed by atoms with Crippen molar-refractivity contribution in [1.82, 2.24) is 0 Å². The molecule has 0 aliphatic carbocycles. The van der Waals surface area contributed by atoms with E-state index in [0.29, 0.717) is 8.95 Å². The van der Waals surface area contributed by atoms with Crippen LogP contribution in [-0.2, 0) is 10.0 Å². The molecule has 4 nitrogen and oxygen atoms in total. The summed E-state index contributed by atoms with van der Waals surface area (Å²) in [4.78, 5) is 0.0980. The molecule has 0 radical (unpaired) electrons. The number of aromatic hydroxyl groups is 1. The van der Waals surface area contributed by atoms with E-state index < -0.39 is 10.0 Å². The normalized spacial score (nSPS) is 11.4. The van der Waals surface area contributed by atoms with Gasteiger partial charge in [0.2, 0.25) is 0 Å². The van der Waals surface area contributed by atoms with E-state index in [9.17, 15) is 13.5 Å². The number of hydrogen-bond acceptors (Lipinski definition) is 3. The summed E-state index contributed by atoms with van der Waals surface area (Å²) in [7, 11) is -3.81. The van der Waals surface area contributed by atoms with E-state index in [1.54, 1.807) is 18.2 Å². The van der Waals surface area contributed by atoms with E-state index >= 15 is 0 Å². The molecule has 0 aliphatic heterocycles. The molecule has 0 aliphatic rings. The maximum atomic E-state index is 12.5. The van der Waals surface area contributed by atoms with Crippen LogP contribution in [0.2, 0.25) is 0 Å². The first-order valence-electron chi connectivity index (χ1n) is 5.99. The first kappa shape index (κ1) is 16.3. The number of benzene rings is 2. The fraction of sp³-hybridized carbons (Fsp3) is 0.143. The number of sulfonamides is 1. The van der Waals surface area contributed by atoms with Crippen LogP contribution in [0.5, 0.6) is 5.75 Å². The summed E-state index contributed by atoms with van der Waals surface area (Å²) in [5, 5.41) is 9.77. The van der Waals surface area contributed by atoms with Gasteiger partial charge in [-0.1, -0.05) is 22.0 Å². The van der Waals surface area contributed by atoms with E-state index in [2.05, 4.69) is 36.6 Å². The summed E-state index contributed by atoms with van der Waals surface area (Å²) >= 11 is 6.58. The maximum absolute atomic E-state index is 12.5. The fourth-order valence-electron chi connectivity index (χ4n) is 1.77. The summed E-state index contributed by atoms with van der Waals surface area (Å²) in [6, 6.07) is 7.96. The van der Waals surface area contributed by atoms with Crippen LogP contribution in [0.3, 0.4) is 0 Å². The Balaban J connectivity index is 2.48. The summed E-state index contributed by atoms with van der Waals surface area (Å²) in [6.45, 7) is 3.68. The van der Waals surface area contributed by atoms with Crippen LogP contribution in [0.25, 0.3) is 0 Å². The third-order valence-corrected chi connectivity index (χ3v) is 6.08. The molecule has 0 saturated heterocycles. The van der Waals surface area contributed by atoms with Crippen molar-refractivity contribution in [2.24, 2.45) is 0 Å². The van der Waals surface area contributed by atoms with Crippen molar-refractivity contribution in [2.45, 2.75) is 18.7 Å². The number of nitrogens with one attached hydrogen (secondary N) is 1. The van der Waals surface area contributed by atoms with E-state index in [-0.39, 0.29) is 16.3 Å². The summed E-state index contributed by atoms with van der Waals surface area (Å²) in [5.74, 6) is -0.119. The van der Waals surface area contributed by atoms with Gasteiger partial charge in [0.05, 0.1) is 5.69 Å². The average molecular weight is 435 g/mol. The highest BCUT2D eigenvalue weighted by Gasteiger charge is 2.20. The molecule has 112 valence electrons. The molecule has 0 fully saturated rings. The predicted octanol–water partition coefficient (Wildman–Crippen LogP) is 4.33. The van der Waals surface area contributed by atoms with Crippen LogP contribution in [-0.4, -0.2) is 13.5 Å². The minimum absolute atomic E-state index is 0.0980. The third-order valence-electron chi connectivity index (χ3n) is 2.90. The van der Waals surface area contributed by atoms with Gasteiger partial charge in [-0.2, -0.15) is 0 Å². The van der Waals surface area contributed by atoms with Gasteiger partial charge >= 0.3 is 0 Å². The van der Waals surface area contributed by atoms with Gasteiger partial charge in [-0.3, -0.25) is 4.72 Å². The van der Waals surface area contributed by atoms with Crippen LogP contribution < -0.4 is 4.72 Å². The summed E-state index contributed by atoms with van der Waals surface area (Å²) < 4.78 is 28.5. The topological polar surface area (TPSA) is 66.4 Å². The number of hydrogen-bond donors (Lipinski definition) is 2. The Morgan fingerprint density at radius 1 is 1.05 bits per heavy atom. The van der Waals surface area contributed by atoms with Crippen molar-refractivity contribution in [3.05, 3.63) is 50.4 Å². The van der Waals surface area contributed by atoms with Crippen LogP contribution in [0.15, 0.2) is 44.2 Å². The minimum Gasteiger partial charge on any atom is -0.506 e. The lowest BCUT2D eigenvalue weighted by atomic mass is 10.2. The predicted molar refractivity (Wildman–Crippen MR) is 90.2 cm³/mol. The van der Waals surface area contributed by atoms with E-state index in [1.165, 1.54) is 12.1 Å². The Hall–Kier alpha value is -1.05. The Morgan fingerprint density at radius 3 is 2.38 bits per heavy atom. The molecule has 0 saturated carbocycles. The molecule has 0 aromatic heterocycles. The van der Waals surface area contributed by atoms with Crippen molar-refractivity contribution in [2.75, 3.05) is 4.72 Å². The van der Waals surface area contributed by atoms with Crippen molar-refractivity contribution in [3.8, 4) is 5.75 Å². The molecule has 7 heteroatoms. The molecule has 21 heavy (non-hydrogen) atoms. The second kappa shape index (κ2) is 5.98. The first-order chi connectivity index (χ1) is 9.70. The Morgan fingerprint density at radius 2 is 1.71 bits per heavy atom. The SMILES string of the molecule is Cc1ccc(O)c(NS(=O)(=O)c2cc(Br)c(C)cc2Br)c1. The lowest BCUT2D eigenvalue weighted by molar-refractivity contribution is 0.477. The van der Waals surface area contributed by atoms with Gasteiger partial charge in [-0.05, 0) is 65.2 Å². The zero-order valence-electron chi connectivity index (χ0n) is 11.3. The van der Waals surface area contributed by atoms with Gasteiger partial charge in [0.15, 0.2) is 0 Å². The first-order valence-corrected chi connectivity index (χ1v) is 9.06. The Bertz CT molecular complexity index is 804. The van der Waals surface area contributed by atoms with Crippen molar-refractivity contribution in [3.63, 3.8) is 0 Å². The number of rotatable bonds is 3. The summed E-state index contributed by atoms with van der Waals surface area (Å²) in [6.07, 6.45) is 0. The maximum Gasteiger partial charge on any atom is 0.263 e. The van der Waals surface area contributed by atoms with E-state index in [1.807, 2.05) is 13.8 Å². The quantitative estimate of drug-likeness (QED) is 0.706. The molecule has 0 atom stereocenters. The molecule has 0 heterocycles. The number of phenolic OH excluding ortho intramolecular Hbond substituents is 1. The molecule has 0 unspecified atom stereocenters. The molecule has 2 aromatic rings. The second-order valence-electron chi connectivity index (χ2n) is 4.66.